The predicted octanol–water partition coefficient (Wildman–Crippen LogP) is 6.50. The molecule has 1 aliphatic heterocycles. The molecule has 11 heteroatoms. The zero-order valence-electron chi connectivity index (χ0n) is 23.7. The third kappa shape index (κ3) is 6.48. The van der Waals surface area contributed by atoms with E-state index in [9.17, 15) is 27.9 Å². The van der Waals surface area contributed by atoms with Crippen molar-refractivity contribution in [2.24, 2.45) is 17.3 Å². The zero-order chi connectivity index (χ0) is 30.1. The van der Waals surface area contributed by atoms with Gasteiger partial charge in [0.05, 0.1) is 18.7 Å². The third-order valence-corrected chi connectivity index (χ3v) is 8.69. The quantitative estimate of drug-likeness (QED) is 0.355. The molecule has 0 radical (unpaired) electrons. The van der Waals surface area contributed by atoms with Crippen LogP contribution in [0.15, 0.2) is 36.5 Å². The maximum absolute atomic E-state index is 14.2. The lowest BCUT2D eigenvalue weighted by atomic mass is 9.72. The Morgan fingerprint density at radius 2 is 1.80 bits per heavy atom. The lowest BCUT2D eigenvalue weighted by Crippen LogP contribution is -2.49. The van der Waals surface area contributed by atoms with Crippen molar-refractivity contribution in [3.8, 4) is 5.75 Å². The van der Waals surface area contributed by atoms with Gasteiger partial charge in [0.1, 0.15) is 16.9 Å². The van der Waals surface area contributed by atoms with E-state index in [1.165, 1.54) is 12.0 Å². The summed E-state index contributed by atoms with van der Waals surface area (Å²) in [5.41, 5.74) is -0.797. The number of carboxylic acids is 1. The van der Waals surface area contributed by atoms with Crippen LogP contribution >= 0.6 is 11.6 Å². The van der Waals surface area contributed by atoms with E-state index in [1.54, 1.807) is 18.2 Å². The number of carbonyl (C=O) groups excluding carboxylic acids is 1. The van der Waals surface area contributed by atoms with Gasteiger partial charge in [-0.2, -0.15) is 13.2 Å². The molecule has 41 heavy (non-hydrogen) atoms. The van der Waals surface area contributed by atoms with Gasteiger partial charge in [-0.15, -0.1) is 0 Å². The molecule has 2 aromatic rings. The molecule has 2 N–H and O–H groups in total. The monoisotopic (exact) mass is 595 g/mol. The number of carbonyl (C=O) groups is 2. The minimum atomic E-state index is -4.61. The summed E-state index contributed by atoms with van der Waals surface area (Å²) in [4.78, 5) is 32.5. The second kappa shape index (κ2) is 12.2. The molecule has 1 aromatic heterocycles. The molecule has 2 heterocycles. The van der Waals surface area contributed by atoms with Gasteiger partial charge in [-0.25, -0.2) is 9.78 Å². The number of aromatic nitrogens is 1. The van der Waals surface area contributed by atoms with E-state index in [-0.39, 0.29) is 29.1 Å². The number of hydrogen-bond donors (Lipinski definition) is 2. The number of halogens is 4. The van der Waals surface area contributed by atoms with Crippen LogP contribution in [0.25, 0.3) is 0 Å². The van der Waals surface area contributed by atoms with Crippen LogP contribution in [0.5, 0.6) is 5.75 Å². The highest BCUT2D eigenvalue weighted by molar-refractivity contribution is 6.30. The van der Waals surface area contributed by atoms with E-state index < -0.39 is 47.2 Å². The number of ether oxygens (including phenoxy) is 1. The molecule has 224 valence electrons. The van der Waals surface area contributed by atoms with Gasteiger partial charge in [-0.3, -0.25) is 4.79 Å². The molecule has 0 bridgehead atoms. The fraction of sp³-hybridized carbons (Fsp3) is 0.567. The summed E-state index contributed by atoms with van der Waals surface area (Å²) in [6.07, 6.45) is 0.267. The molecular formula is C30H37ClF3N3O4. The van der Waals surface area contributed by atoms with Crippen molar-refractivity contribution < 1.29 is 32.6 Å². The lowest BCUT2D eigenvalue weighted by molar-refractivity contribution is -0.154. The smallest absolute Gasteiger partial charge is 0.417 e. The van der Waals surface area contributed by atoms with E-state index in [1.807, 2.05) is 26.8 Å². The number of carboxylic acid groups (broad SMARTS) is 1. The number of methoxy groups -OCH3 is 1. The molecule has 1 amide bonds. The minimum Gasteiger partial charge on any atom is -0.496 e. The Morgan fingerprint density at radius 1 is 1.15 bits per heavy atom. The average molecular weight is 596 g/mol. The van der Waals surface area contributed by atoms with E-state index in [0.29, 0.717) is 30.4 Å². The van der Waals surface area contributed by atoms with Crippen molar-refractivity contribution in [2.75, 3.05) is 7.11 Å². The highest BCUT2D eigenvalue weighted by Crippen LogP contribution is 2.51. The van der Waals surface area contributed by atoms with Gasteiger partial charge in [0.2, 0.25) is 5.91 Å². The lowest BCUT2D eigenvalue weighted by Gasteiger charge is -2.36. The van der Waals surface area contributed by atoms with Crippen LogP contribution in [-0.4, -0.2) is 46.1 Å². The molecule has 2 aliphatic rings. The van der Waals surface area contributed by atoms with Crippen LogP contribution in [-0.2, 0) is 22.3 Å². The third-order valence-electron chi connectivity index (χ3n) is 8.35. The maximum Gasteiger partial charge on any atom is 0.417 e. The Balaban J connectivity index is 1.85. The van der Waals surface area contributed by atoms with Crippen molar-refractivity contribution >= 4 is 23.5 Å². The number of nitrogens with zero attached hydrogens (tertiary/aromatic N) is 2. The van der Waals surface area contributed by atoms with Gasteiger partial charge in [0.15, 0.2) is 0 Å². The van der Waals surface area contributed by atoms with Gasteiger partial charge >= 0.3 is 12.1 Å². The summed E-state index contributed by atoms with van der Waals surface area (Å²) < 4.78 is 46.0. The maximum atomic E-state index is 14.2. The Kier molecular flexibility index (Phi) is 9.23. The number of rotatable bonds is 7. The van der Waals surface area contributed by atoms with E-state index >= 15 is 0 Å². The van der Waals surface area contributed by atoms with Crippen LogP contribution in [0.4, 0.5) is 13.2 Å². The molecule has 1 saturated carbocycles. The number of amides is 1. The van der Waals surface area contributed by atoms with E-state index in [0.717, 1.165) is 25.3 Å². The molecule has 4 atom stereocenters. The van der Waals surface area contributed by atoms with E-state index in [4.69, 9.17) is 16.3 Å². The number of benzene rings is 1. The minimum absolute atomic E-state index is 0.0884. The molecule has 0 unspecified atom stereocenters. The molecule has 2 fully saturated rings. The van der Waals surface area contributed by atoms with Crippen molar-refractivity contribution in [1.82, 2.24) is 15.2 Å². The molecule has 7 nitrogen and oxygen atoms in total. The number of para-hydroxylation sites is 1. The molecule has 1 aliphatic carbocycles. The Morgan fingerprint density at radius 3 is 2.39 bits per heavy atom. The first kappa shape index (κ1) is 31.1. The molecule has 0 spiro atoms. The van der Waals surface area contributed by atoms with Gasteiger partial charge in [0.25, 0.3) is 0 Å². The van der Waals surface area contributed by atoms with Crippen molar-refractivity contribution in [1.29, 1.82) is 0 Å². The van der Waals surface area contributed by atoms with Gasteiger partial charge in [-0.05, 0) is 30.4 Å². The second-order valence-corrected chi connectivity index (χ2v) is 12.4. The summed E-state index contributed by atoms with van der Waals surface area (Å²) in [6, 6.07) is 5.50. The number of hydrogen-bond acceptors (Lipinski definition) is 5. The summed E-state index contributed by atoms with van der Waals surface area (Å²) in [7, 11) is 1.51. The number of aliphatic carboxylic acids is 1. The second-order valence-electron chi connectivity index (χ2n) is 12.0. The zero-order valence-corrected chi connectivity index (χ0v) is 24.4. The van der Waals surface area contributed by atoms with Gasteiger partial charge in [0, 0.05) is 41.7 Å². The standard InChI is InChI=1S/C30H37ClF3N3O4/c1-29(2,3)22-23(35-15-18-14-19(30(32,33)34)16-36-26(18)31)24(20-12-8-9-13-21(20)41-4)37(25(22)28(39)40)27(38)17-10-6-5-7-11-17/h8-9,12-14,16-17,22-25,35H,5-7,10-11,15H2,1-4H3,(H,39,40)/t22-,23-,24-,25-/m1/s1. The Labute approximate surface area is 243 Å². The molecule has 1 aromatic carbocycles. The van der Waals surface area contributed by atoms with Gasteiger partial charge in [-0.1, -0.05) is 69.8 Å². The first-order chi connectivity index (χ1) is 19.3. The summed E-state index contributed by atoms with van der Waals surface area (Å²) in [6.45, 7) is 5.62. The Bertz CT molecular complexity index is 1260. The molecule has 1 saturated heterocycles. The summed E-state index contributed by atoms with van der Waals surface area (Å²) >= 11 is 6.22. The van der Waals surface area contributed by atoms with Crippen LogP contribution < -0.4 is 10.1 Å². The van der Waals surface area contributed by atoms with E-state index in [2.05, 4.69) is 10.3 Å². The molecular weight excluding hydrogens is 559 g/mol. The van der Waals surface area contributed by atoms with Crippen molar-refractivity contribution in [3.63, 3.8) is 0 Å². The summed E-state index contributed by atoms with van der Waals surface area (Å²) in [5, 5.41) is 13.9. The SMILES string of the molecule is COc1ccccc1[C@@H]1[C@H](NCc2cc(C(F)(F)F)cnc2Cl)[C@@H](C(C)(C)C)[C@H](C(=O)O)N1C(=O)C1CCCCC1. The van der Waals surface area contributed by atoms with Crippen molar-refractivity contribution in [2.45, 2.75) is 83.7 Å². The highest BCUT2D eigenvalue weighted by atomic mass is 35.5. The van der Waals surface area contributed by atoms with Crippen LogP contribution in [0.1, 0.15) is 75.6 Å². The van der Waals surface area contributed by atoms with Crippen LogP contribution in [0.2, 0.25) is 5.15 Å². The number of likely N-dealkylation sites (tertiary alicyclic amines) is 1. The fourth-order valence-corrected chi connectivity index (χ4v) is 6.69. The van der Waals surface area contributed by atoms with Gasteiger partial charge < -0.3 is 20.1 Å². The Hall–Kier alpha value is -2.85. The fourth-order valence-electron chi connectivity index (χ4n) is 6.52. The van der Waals surface area contributed by atoms with Crippen LogP contribution in [0.3, 0.4) is 0 Å². The number of pyridine rings is 1. The van der Waals surface area contributed by atoms with Crippen molar-refractivity contribution in [3.05, 3.63) is 58.4 Å². The first-order valence-corrected chi connectivity index (χ1v) is 14.3. The van der Waals surface area contributed by atoms with Crippen LogP contribution in [0, 0.1) is 17.3 Å². The largest absolute Gasteiger partial charge is 0.496 e. The normalized spacial score (nSPS) is 24.0. The predicted molar refractivity (Wildman–Crippen MR) is 148 cm³/mol. The molecule has 4 rings (SSSR count). The summed E-state index contributed by atoms with van der Waals surface area (Å²) in [5.74, 6) is -1.77. The number of alkyl halides is 3. The number of nitrogens with one attached hydrogen (secondary N) is 1. The highest BCUT2D eigenvalue weighted by Gasteiger charge is 2.59. The first-order valence-electron chi connectivity index (χ1n) is 13.9. The average Bonchev–Trinajstić information content (AvgIpc) is 3.27. The topological polar surface area (TPSA) is 91.8 Å².